The molecule has 0 amide bonds. The van der Waals surface area contributed by atoms with Crippen LogP contribution in [0.5, 0.6) is 0 Å². The number of halogens is 1. The van der Waals surface area contributed by atoms with Gasteiger partial charge in [0.2, 0.25) is 5.03 Å². The average Bonchev–Trinajstić information content (AvgIpc) is 2.46. The van der Waals surface area contributed by atoms with Crippen LogP contribution < -0.4 is 10.5 Å². The highest BCUT2D eigenvalue weighted by molar-refractivity contribution is 7.89. The lowest BCUT2D eigenvalue weighted by Gasteiger charge is -2.29. The molecule has 20 heavy (non-hydrogen) atoms. The lowest BCUT2D eigenvalue weighted by Crippen LogP contribution is -2.46. The summed E-state index contributed by atoms with van der Waals surface area (Å²) >= 11 is 0. The van der Waals surface area contributed by atoms with E-state index in [0.29, 0.717) is 0 Å². The van der Waals surface area contributed by atoms with E-state index >= 15 is 0 Å². The van der Waals surface area contributed by atoms with Gasteiger partial charge in [-0.05, 0) is 30.9 Å². The third-order valence-corrected chi connectivity index (χ3v) is 5.18. The van der Waals surface area contributed by atoms with E-state index in [4.69, 9.17) is 5.73 Å². The Morgan fingerprint density at radius 1 is 1.40 bits per heavy atom. The van der Waals surface area contributed by atoms with E-state index in [9.17, 15) is 12.8 Å². The van der Waals surface area contributed by atoms with Crippen LogP contribution in [0.2, 0.25) is 0 Å². The Morgan fingerprint density at radius 2 is 2.10 bits per heavy atom. The van der Waals surface area contributed by atoms with Gasteiger partial charge in [-0.15, -0.1) is 0 Å². The second kappa shape index (κ2) is 6.60. The fourth-order valence-electron chi connectivity index (χ4n) is 2.70. The van der Waals surface area contributed by atoms with Crippen LogP contribution >= 0.6 is 0 Å². The van der Waals surface area contributed by atoms with Crippen LogP contribution in [-0.4, -0.2) is 26.0 Å². The Morgan fingerprint density at radius 3 is 2.70 bits per heavy atom. The second-order valence-electron chi connectivity index (χ2n) is 5.15. The highest BCUT2D eigenvalue weighted by atomic mass is 32.2. The largest absolute Gasteiger partial charge is 0.329 e. The predicted octanol–water partition coefficient (Wildman–Crippen LogP) is 1.41. The standard InChI is InChI=1S/C13H20FN3O2S/c14-11-7-4-8-16-13(11)20(18,19)17-12(9-15)10-5-2-1-3-6-10/h4,7-8,10,12,17H,1-3,5-6,9,15H2. The van der Waals surface area contributed by atoms with Crippen LogP contribution in [0, 0.1) is 11.7 Å². The van der Waals surface area contributed by atoms with Crippen LogP contribution in [0.15, 0.2) is 23.4 Å². The third-order valence-electron chi connectivity index (χ3n) is 3.76. The molecule has 1 fully saturated rings. The van der Waals surface area contributed by atoms with Gasteiger partial charge in [0.25, 0.3) is 10.0 Å². The number of pyridine rings is 1. The van der Waals surface area contributed by atoms with E-state index in [1.165, 1.54) is 18.7 Å². The predicted molar refractivity (Wildman–Crippen MR) is 73.9 cm³/mol. The fraction of sp³-hybridized carbons (Fsp3) is 0.615. The van der Waals surface area contributed by atoms with Crippen molar-refractivity contribution in [1.29, 1.82) is 0 Å². The Kier molecular flexibility index (Phi) is 5.06. The van der Waals surface area contributed by atoms with Crippen LogP contribution in [0.4, 0.5) is 4.39 Å². The summed E-state index contributed by atoms with van der Waals surface area (Å²) in [6.45, 7) is 0.207. The van der Waals surface area contributed by atoms with Gasteiger partial charge in [-0.25, -0.2) is 22.5 Å². The first-order valence-corrected chi connectivity index (χ1v) is 8.36. The van der Waals surface area contributed by atoms with Gasteiger partial charge in [-0.3, -0.25) is 0 Å². The van der Waals surface area contributed by atoms with Gasteiger partial charge in [0.05, 0.1) is 0 Å². The van der Waals surface area contributed by atoms with Gasteiger partial charge in [-0.1, -0.05) is 19.3 Å². The molecule has 2 rings (SSSR count). The molecule has 7 heteroatoms. The van der Waals surface area contributed by atoms with Crippen molar-refractivity contribution in [3.63, 3.8) is 0 Å². The lowest BCUT2D eigenvalue weighted by molar-refractivity contribution is 0.293. The van der Waals surface area contributed by atoms with Gasteiger partial charge in [0, 0.05) is 18.8 Å². The van der Waals surface area contributed by atoms with Crippen LogP contribution in [0.3, 0.4) is 0 Å². The molecule has 1 saturated carbocycles. The fourth-order valence-corrected chi connectivity index (χ4v) is 4.02. The quantitative estimate of drug-likeness (QED) is 0.861. The van der Waals surface area contributed by atoms with Crippen molar-refractivity contribution in [2.24, 2.45) is 11.7 Å². The van der Waals surface area contributed by atoms with E-state index in [0.717, 1.165) is 31.7 Å². The molecule has 112 valence electrons. The molecule has 1 atom stereocenters. The zero-order valence-electron chi connectivity index (χ0n) is 11.3. The lowest BCUT2D eigenvalue weighted by atomic mass is 9.84. The second-order valence-corrected chi connectivity index (χ2v) is 6.78. The Balaban J connectivity index is 2.15. The van der Waals surface area contributed by atoms with Gasteiger partial charge >= 0.3 is 0 Å². The maximum atomic E-state index is 13.6. The zero-order valence-corrected chi connectivity index (χ0v) is 12.1. The first kappa shape index (κ1) is 15.3. The van der Waals surface area contributed by atoms with E-state index in [2.05, 4.69) is 9.71 Å². The molecule has 1 aliphatic carbocycles. The topological polar surface area (TPSA) is 85.1 Å². The summed E-state index contributed by atoms with van der Waals surface area (Å²) in [5.74, 6) is -0.630. The highest BCUT2D eigenvalue weighted by Gasteiger charge is 2.29. The van der Waals surface area contributed by atoms with Crippen LogP contribution in [0.25, 0.3) is 0 Å². The summed E-state index contributed by atoms with van der Waals surface area (Å²) in [6, 6.07) is 2.08. The summed E-state index contributed by atoms with van der Waals surface area (Å²) in [4.78, 5) is 3.62. The summed E-state index contributed by atoms with van der Waals surface area (Å²) < 4.78 is 40.5. The van der Waals surface area contributed by atoms with Crippen molar-refractivity contribution < 1.29 is 12.8 Å². The molecule has 0 spiro atoms. The molecule has 0 bridgehead atoms. The summed E-state index contributed by atoms with van der Waals surface area (Å²) in [5, 5.41) is -0.561. The van der Waals surface area contributed by atoms with E-state index in [-0.39, 0.29) is 18.5 Å². The first-order valence-electron chi connectivity index (χ1n) is 6.87. The maximum Gasteiger partial charge on any atom is 0.261 e. The van der Waals surface area contributed by atoms with Gasteiger partial charge < -0.3 is 5.73 Å². The van der Waals surface area contributed by atoms with Crippen molar-refractivity contribution in [2.75, 3.05) is 6.54 Å². The van der Waals surface area contributed by atoms with Crippen molar-refractivity contribution >= 4 is 10.0 Å². The minimum atomic E-state index is -3.97. The number of nitrogens with two attached hydrogens (primary N) is 1. The van der Waals surface area contributed by atoms with Gasteiger partial charge in [0.1, 0.15) is 0 Å². The van der Waals surface area contributed by atoms with Crippen LogP contribution in [-0.2, 0) is 10.0 Å². The number of rotatable bonds is 5. The number of nitrogens with zero attached hydrogens (tertiary/aromatic N) is 1. The minimum Gasteiger partial charge on any atom is -0.329 e. The van der Waals surface area contributed by atoms with E-state index < -0.39 is 20.9 Å². The molecule has 0 aromatic carbocycles. The molecule has 0 radical (unpaired) electrons. The molecule has 1 unspecified atom stereocenters. The number of hydrogen-bond acceptors (Lipinski definition) is 4. The Labute approximate surface area is 118 Å². The number of aromatic nitrogens is 1. The van der Waals surface area contributed by atoms with Crippen LogP contribution in [0.1, 0.15) is 32.1 Å². The molecule has 5 nitrogen and oxygen atoms in total. The first-order chi connectivity index (χ1) is 9.54. The smallest absolute Gasteiger partial charge is 0.261 e. The Bertz CT molecular complexity index is 544. The SMILES string of the molecule is NCC(NS(=O)(=O)c1ncccc1F)C1CCCCC1. The molecule has 1 aromatic heterocycles. The highest BCUT2D eigenvalue weighted by Crippen LogP contribution is 2.27. The normalized spacial score (nSPS) is 18.9. The molecule has 1 aliphatic rings. The molecule has 0 aliphatic heterocycles. The molecule has 1 aromatic rings. The molecular weight excluding hydrogens is 281 g/mol. The third kappa shape index (κ3) is 3.53. The molecule has 1 heterocycles. The molecular formula is C13H20FN3O2S. The maximum absolute atomic E-state index is 13.6. The van der Waals surface area contributed by atoms with Crippen molar-refractivity contribution in [3.8, 4) is 0 Å². The van der Waals surface area contributed by atoms with Gasteiger partial charge in [0.15, 0.2) is 5.82 Å². The minimum absolute atomic E-state index is 0.207. The zero-order chi connectivity index (χ0) is 14.6. The number of hydrogen-bond donors (Lipinski definition) is 2. The summed E-state index contributed by atoms with van der Waals surface area (Å²) in [6.07, 6.45) is 6.51. The number of nitrogens with one attached hydrogen (secondary N) is 1. The molecule has 3 N–H and O–H groups in total. The average molecular weight is 301 g/mol. The van der Waals surface area contributed by atoms with E-state index in [1.54, 1.807) is 0 Å². The van der Waals surface area contributed by atoms with Crippen molar-refractivity contribution in [3.05, 3.63) is 24.1 Å². The van der Waals surface area contributed by atoms with Crippen molar-refractivity contribution in [2.45, 2.75) is 43.2 Å². The van der Waals surface area contributed by atoms with Gasteiger partial charge in [-0.2, -0.15) is 0 Å². The molecule has 0 saturated heterocycles. The summed E-state index contributed by atoms with van der Waals surface area (Å²) in [7, 11) is -3.97. The van der Waals surface area contributed by atoms with Crippen molar-refractivity contribution in [1.82, 2.24) is 9.71 Å². The number of sulfonamides is 1. The Hall–Kier alpha value is -1.05. The summed E-state index contributed by atoms with van der Waals surface area (Å²) in [5.41, 5.74) is 5.69. The van der Waals surface area contributed by atoms with E-state index in [1.807, 2.05) is 0 Å². The monoisotopic (exact) mass is 301 g/mol.